The molecule has 1 aliphatic heterocycles. The van der Waals surface area contributed by atoms with Crippen molar-refractivity contribution >= 4 is 29.0 Å². The minimum absolute atomic E-state index is 0.0177. The Morgan fingerprint density at radius 3 is 3.04 bits per heavy atom. The molecule has 0 aliphatic carbocycles. The van der Waals surface area contributed by atoms with E-state index in [-0.39, 0.29) is 18.0 Å². The molecule has 2 heterocycles. The highest BCUT2D eigenvalue weighted by atomic mass is 32.1. The van der Waals surface area contributed by atoms with Gasteiger partial charge in [-0.05, 0) is 42.0 Å². The first-order chi connectivity index (χ1) is 11.1. The van der Waals surface area contributed by atoms with E-state index in [1.807, 2.05) is 36.6 Å². The standard InChI is InChI=1S/C17H19N3O2S/c1-11(12-4-5-15-13(9-12)10-16(21)20-15)19-17(22)18-7-6-14-3-2-8-23-14/h2-5,8-9,11H,6-7,10H2,1H3,(H,20,21)(H2,18,19,22)/t11-/m1/s1. The predicted molar refractivity (Wildman–Crippen MR) is 91.7 cm³/mol. The Morgan fingerprint density at radius 1 is 1.39 bits per heavy atom. The SMILES string of the molecule is C[C@@H](NC(=O)NCCc1cccs1)c1ccc2c(c1)CC(=O)N2. The van der Waals surface area contributed by atoms with Crippen molar-refractivity contribution < 1.29 is 9.59 Å². The van der Waals surface area contributed by atoms with Crippen LogP contribution in [0.5, 0.6) is 0 Å². The van der Waals surface area contributed by atoms with Gasteiger partial charge in [0.2, 0.25) is 5.91 Å². The fourth-order valence-corrected chi connectivity index (χ4v) is 3.31. The number of urea groups is 1. The first-order valence-corrected chi connectivity index (χ1v) is 8.49. The highest BCUT2D eigenvalue weighted by Gasteiger charge is 2.19. The summed E-state index contributed by atoms with van der Waals surface area (Å²) >= 11 is 1.69. The largest absolute Gasteiger partial charge is 0.338 e. The third-order valence-corrected chi connectivity index (χ3v) is 4.78. The van der Waals surface area contributed by atoms with E-state index in [9.17, 15) is 9.59 Å². The van der Waals surface area contributed by atoms with E-state index in [1.54, 1.807) is 11.3 Å². The van der Waals surface area contributed by atoms with E-state index < -0.39 is 0 Å². The molecule has 3 N–H and O–H groups in total. The molecule has 1 aliphatic rings. The molecule has 6 heteroatoms. The zero-order valence-corrected chi connectivity index (χ0v) is 13.7. The molecule has 5 nitrogen and oxygen atoms in total. The zero-order chi connectivity index (χ0) is 16.2. The molecule has 120 valence electrons. The highest BCUT2D eigenvalue weighted by Crippen LogP contribution is 2.26. The van der Waals surface area contributed by atoms with E-state index >= 15 is 0 Å². The van der Waals surface area contributed by atoms with Crippen molar-refractivity contribution in [2.24, 2.45) is 0 Å². The average molecular weight is 329 g/mol. The normalized spacial score (nSPS) is 14.0. The fraction of sp³-hybridized carbons (Fsp3) is 0.294. The molecule has 1 atom stereocenters. The van der Waals surface area contributed by atoms with Crippen LogP contribution in [-0.2, 0) is 17.6 Å². The van der Waals surface area contributed by atoms with Gasteiger partial charge in [0.25, 0.3) is 0 Å². The lowest BCUT2D eigenvalue weighted by Crippen LogP contribution is -2.38. The van der Waals surface area contributed by atoms with Crippen molar-refractivity contribution in [2.75, 3.05) is 11.9 Å². The lowest BCUT2D eigenvalue weighted by Gasteiger charge is -2.16. The Labute approximate surface area is 139 Å². The van der Waals surface area contributed by atoms with Gasteiger partial charge in [-0.2, -0.15) is 0 Å². The van der Waals surface area contributed by atoms with Crippen molar-refractivity contribution in [3.05, 3.63) is 51.7 Å². The number of carbonyl (C=O) groups is 2. The van der Waals surface area contributed by atoms with E-state index in [1.165, 1.54) is 4.88 Å². The zero-order valence-electron chi connectivity index (χ0n) is 12.9. The first-order valence-electron chi connectivity index (χ1n) is 7.61. The molecule has 0 saturated heterocycles. The summed E-state index contributed by atoms with van der Waals surface area (Å²) in [6.07, 6.45) is 1.25. The Kier molecular flexibility index (Phi) is 4.62. The van der Waals surface area contributed by atoms with Crippen molar-refractivity contribution in [2.45, 2.75) is 25.8 Å². The maximum absolute atomic E-state index is 12.0. The second-order valence-corrected chi connectivity index (χ2v) is 6.63. The van der Waals surface area contributed by atoms with Crippen LogP contribution in [0.4, 0.5) is 10.5 Å². The Hall–Kier alpha value is -2.34. The first kappa shape index (κ1) is 15.6. The third-order valence-electron chi connectivity index (χ3n) is 3.84. The predicted octanol–water partition coefficient (Wildman–Crippen LogP) is 2.85. The summed E-state index contributed by atoms with van der Waals surface area (Å²) in [6.45, 7) is 2.55. The number of anilines is 1. The van der Waals surface area contributed by atoms with Gasteiger partial charge in [0.15, 0.2) is 0 Å². The van der Waals surface area contributed by atoms with E-state index in [0.29, 0.717) is 13.0 Å². The Morgan fingerprint density at radius 2 is 2.26 bits per heavy atom. The van der Waals surface area contributed by atoms with Crippen LogP contribution in [0.2, 0.25) is 0 Å². The van der Waals surface area contributed by atoms with Crippen molar-refractivity contribution in [1.29, 1.82) is 0 Å². The van der Waals surface area contributed by atoms with Gasteiger partial charge >= 0.3 is 6.03 Å². The molecule has 1 aromatic heterocycles. The summed E-state index contributed by atoms with van der Waals surface area (Å²) in [7, 11) is 0. The van der Waals surface area contributed by atoms with Crippen molar-refractivity contribution in [1.82, 2.24) is 10.6 Å². The second kappa shape index (κ2) is 6.83. The fourth-order valence-electron chi connectivity index (χ4n) is 2.60. The Bertz CT molecular complexity index is 713. The number of carbonyl (C=O) groups excluding carboxylic acids is 2. The molecule has 0 unspecified atom stereocenters. The van der Waals surface area contributed by atoms with Crippen LogP contribution in [0.1, 0.15) is 29.0 Å². The van der Waals surface area contributed by atoms with Crippen LogP contribution >= 0.6 is 11.3 Å². The van der Waals surface area contributed by atoms with Gasteiger partial charge in [0.05, 0.1) is 12.5 Å². The molecule has 1 aromatic carbocycles. The molecule has 3 rings (SSSR count). The number of amides is 3. The summed E-state index contributed by atoms with van der Waals surface area (Å²) in [4.78, 5) is 24.6. The molecule has 2 aromatic rings. The summed E-state index contributed by atoms with van der Waals surface area (Å²) in [5.74, 6) is 0.0177. The Balaban J connectivity index is 1.50. The van der Waals surface area contributed by atoms with Gasteiger partial charge in [-0.1, -0.05) is 18.2 Å². The molecule has 3 amide bonds. The number of rotatable bonds is 5. The van der Waals surface area contributed by atoms with Gasteiger partial charge in [-0.25, -0.2) is 4.79 Å². The molecule has 0 bridgehead atoms. The van der Waals surface area contributed by atoms with Crippen molar-refractivity contribution in [3.8, 4) is 0 Å². The maximum Gasteiger partial charge on any atom is 0.315 e. The molecule has 23 heavy (non-hydrogen) atoms. The lowest BCUT2D eigenvalue weighted by molar-refractivity contribution is -0.115. The summed E-state index contributed by atoms with van der Waals surface area (Å²) in [5, 5.41) is 10.6. The number of nitrogens with one attached hydrogen (secondary N) is 3. The smallest absolute Gasteiger partial charge is 0.315 e. The summed E-state index contributed by atoms with van der Waals surface area (Å²) in [6, 6.07) is 9.58. The minimum Gasteiger partial charge on any atom is -0.338 e. The van der Waals surface area contributed by atoms with Crippen LogP contribution in [-0.4, -0.2) is 18.5 Å². The molecule has 0 saturated carbocycles. The van der Waals surface area contributed by atoms with Crippen LogP contribution in [0.15, 0.2) is 35.7 Å². The van der Waals surface area contributed by atoms with Crippen molar-refractivity contribution in [3.63, 3.8) is 0 Å². The molecule has 0 radical (unpaired) electrons. The van der Waals surface area contributed by atoms with Crippen LogP contribution in [0.25, 0.3) is 0 Å². The highest BCUT2D eigenvalue weighted by molar-refractivity contribution is 7.09. The van der Waals surface area contributed by atoms with Crippen LogP contribution in [0.3, 0.4) is 0 Å². The van der Waals surface area contributed by atoms with E-state index in [0.717, 1.165) is 23.2 Å². The number of hydrogen-bond acceptors (Lipinski definition) is 3. The quantitative estimate of drug-likeness (QED) is 0.789. The number of fused-ring (bicyclic) bond motifs is 1. The van der Waals surface area contributed by atoms with Crippen LogP contribution < -0.4 is 16.0 Å². The van der Waals surface area contributed by atoms with E-state index in [2.05, 4.69) is 22.0 Å². The van der Waals surface area contributed by atoms with Gasteiger partial charge in [0.1, 0.15) is 0 Å². The maximum atomic E-state index is 12.0. The number of benzene rings is 1. The van der Waals surface area contributed by atoms with Gasteiger partial charge in [-0.15, -0.1) is 11.3 Å². The number of thiophene rings is 1. The minimum atomic E-state index is -0.177. The monoisotopic (exact) mass is 329 g/mol. The molecule has 0 fully saturated rings. The summed E-state index contributed by atoms with van der Waals surface area (Å²) in [5.41, 5.74) is 2.85. The number of hydrogen-bond donors (Lipinski definition) is 3. The molecular weight excluding hydrogens is 310 g/mol. The van der Waals surface area contributed by atoms with Crippen LogP contribution in [0, 0.1) is 0 Å². The lowest BCUT2D eigenvalue weighted by atomic mass is 10.0. The topological polar surface area (TPSA) is 70.2 Å². The third kappa shape index (κ3) is 3.90. The van der Waals surface area contributed by atoms with Gasteiger partial charge in [0, 0.05) is 17.1 Å². The van der Waals surface area contributed by atoms with Gasteiger partial charge < -0.3 is 16.0 Å². The summed E-state index contributed by atoms with van der Waals surface area (Å²) < 4.78 is 0. The molecular formula is C17H19N3O2S. The average Bonchev–Trinajstić information content (AvgIpc) is 3.14. The second-order valence-electron chi connectivity index (χ2n) is 5.59. The molecule has 0 spiro atoms. The van der Waals surface area contributed by atoms with Gasteiger partial charge in [-0.3, -0.25) is 4.79 Å². The van der Waals surface area contributed by atoms with E-state index in [4.69, 9.17) is 0 Å².